The molecule has 1 saturated heterocycles. The van der Waals surface area contributed by atoms with Crippen LogP contribution in [0.3, 0.4) is 0 Å². The third-order valence-electron chi connectivity index (χ3n) is 7.54. The number of ketones is 1. The fourth-order valence-corrected chi connectivity index (χ4v) is 6.17. The molecule has 27 heavy (non-hydrogen) atoms. The van der Waals surface area contributed by atoms with Crippen molar-refractivity contribution in [2.24, 2.45) is 5.41 Å². The molecule has 2 fully saturated rings. The first-order valence-electron chi connectivity index (χ1n) is 10.2. The predicted molar refractivity (Wildman–Crippen MR) is 104 cm³/mol. The number of hydrogen-bond donors (Lipinski definition) is 0. The summed E-state index contributed by atoms with van der Waals surface area (Å²) in [5.41, 5.74) is 2.99. The van der Waals surface area contributed by atoms with E-state index >= 15 is 0 Å². The number of aryl methyl sites for hydroxylation is 1. The first-order valence-corrected chi connectivity index (χ1v) is 10.2. The van der Waals surface area contributed by atoms with Gasteiger partial charge in [0.15, 0.2) is 5.78 Å². The van der Waals surface area contributed by atoms with E-state index < -0.39 is 0 Å². The van der Waals surface area contributed by atoms with Crippen LogP contribution in [0.4, 0.5) is 0 Å². The molecule has 0 N–H and O–H groups in total. The maximum absolute atomic E-state index is 13.4. The van der Waals surface area contributed by atoms with Crippen LogP contribution >= 0.6 is 0 Å². The van der Waals surface area contributed by atoms with E-state index in [1.54, 1.807) is 11.6 Å². The molecular formula is C22H27N3O2. The zero-order valence-corrected chi connectivity index (χ0v) is 16.4. The van der Waals surface area contributed by atoms with Gasteiger partial charge < -0.3 is 4.90 Å². The smallest absolute Gasteiger partial charge is 0.245 e. The summed E-state index contributed by atoms with van der Waals surface area (Å²) in [6.07, 6.45) is 6.55. The Hall–Kier alpha value is -2.17. The van der Waals surface area contributed by atoms with Crippen molar-refractivity contribution in [3.63, 3.8) is 0 Å². The van der Waals surface area contributed by atoms with E-state index in [1.165, 1.54) is 12.0 Å². The number of hydrogen-bond acceptors (Lipinski definition) is 3. The molecule has 0 spiro atoms. The van der Waals surface area contributed by atoms with E-state index in [9.17, 15) is 9.59 Å². The zero-order chi connectivity index (χ0) is 19.0. The van der Waals surface area contributed by atoms with Crippen LogP contribution in [-0.4, -0.2) is 38.0 Å². The van der Waals surface area contributed by atoms with Crippen molar-refractivity contribution in [1.82, 2.24) is 14.7 Å². The number of para-hydroxylation sites is 1. The van der Waals surface area contributed by atoms with E-state index in [4.69, 9.17) is 0 Å². The number of nitrogens with zero attached hydrogens (tertiary/aromatic N) is 3. The van der Waals surface area contributed by atoms with E-state index in [-0.39, 0.29) is 23.8 Å². The van der Waals surface area contributed by atoms with Gasteiger partial charge in [-0.25, -0.2) is 0 Å². The Morgan fingerprint density at radius 1 is 1.37 bits per heavy atom. The van der Waals surface area contributed by atoms with Gasteiger partial charge in [0.1, 0.15) is 12.2 Å². The lowest BCUT2D eigenvalue weighted by atomic mass is 9.89. The normalized spacial score (nSPS) is 32.3. The first kappa shape index (κ1) is 17.0. The second-order valence-electron chi connectivity index (χ2n) is 8.99. The fourth-order valence-electron chi connectivity index (χ4n) is 6.17. The summed E-state index contributed by atoms with van der Waals surface area (Å²) >= 11 is 0. The molecule has 3 heterocycles. The van der Waals surface area contributed by atoms with Crippen molar-refractivity contribution in [1.29, 1.82) is 0 Å². The molecule has 3 atom stereocenters. The van der Waals surface area contributed by atoms with Crippen LogP contribution in [0.15, 0.2) is 18.2 Å². The molecule has 1 saturated carbocycles. The van der Waals surface area contributed by atoms with Crippen molar-refractivity contribution < 1.29 is 9.59 Å². The van der Waals surface area contributed by atoms with Crippen LogP contribution in [-0.2, 0) is 17.8 Å². The lowest BCUT2D eigenvalue weighted by molar-refractivity contribution is -0.136. The summed E-state index contributed by atoms with van der Waals surface area (Å²) in [6, 6.07) is 6.44. The third-order valence-corrected chi connectivity index (χ3v) is 7.54. The molecule has 1 amide bonds. The van der Waals surface area contributed by atoms with Crippen molar-refractivity contribution in [3.05, 3.63) is 29.5 Å². The van der Waals surface area contributed by atoms with Crippen LogP contribution in [0.1, 0.15) is 68.9 Å². The van der Waals surface area contributed by atoms with Crippen LogP contribution in [0, 0.1) is 5.41 Å². The molecule has 142 valence electrons. The SMILES string of the molecule is CCC1CC23CCCc4cccc5c(C(C)=O)nn(c45)CC(=O)N1C2(C)C3. The van der Waals surface area contributed by atoms with Crippen molar-refractivity contribution in [2.75, 3.05) is 0 Å². The predicted octanol–water partition coefficient (Wildman–Crippen LogP) is 3.73. The van der Waals surface area contributed by atoms with Gasteiger partial charge in [-0.2, -0.15) is 5.10 Å². The van der Waals surface area contributed by atoms with Gasteiger partial charge in [0.2, 0.25) is 5.91 Å². The Morgan fingerprint density at radius 2 is 2.19 bits per heavy atom. The van der Waals surface area contributed by atoms with Gasteiger partial charge in [0.25, 0.3) is 0 Å². The monoisotopic (exact) mass is 365 g/mol. The Balaban J connectivity index is 1.66. The van der Waals surface area contributed by atoms with E-state index in [2.05, 4.69) is 29.9 Å². The van der Waals surface area contributed by atoms with E-state index in [0.29, 0.717) is 17.2 Å². The molecule has 1 aliphatic carbocycles. The molecule has 2 bridgehead atoms. The average molecular weight is 365 g/mol. The Bertz CT molecular complexity index is 977. The number of aromatic nitrogens is 2. The molecule has 2 aliphatic heterocycles. The van der Waals surface area contributed by atoms with Crippen molar-refractivity contribution in [2.45, 2.75) is 77.4 Å². The summed E-state index contributed by atoms with van der Waals surface area (Å²) in [5.74, 6) is 0.108. The first-order chi connectivity index (χ1) is 12.9. The summed E-state index contributed by atoms with van der Waals surface area (Å²) in [4.78, 5) is 27.7. The number of amides is 1. The Morgan fingerprint density at radius 3 is 2.93 bits per heavy atom. The number of benzene rings is 1. The van der Waals surface area contributed by atoms with Gasteiger partial charge >= 0.3 is 0 Å². The quantitative estimate of drug-likeness (QED) is 0.762. The zero-order valence-electron chi connectivity index (χ0n) is 16.4. The summed E-state index contributed by atoms with van der Waals surface area (Å²) < 4.78 is 1.80. The summed E-state index contributed by atoms with van der Waals surface area (Å²) in [6.45, 7) is 6.25. The van der Waals surface area contributed by atoms with Crippen molar-refractivity contribution in [3.8, 4) is 0 Å². The summed E-state index contributed by atoms with van der Waals surface area (Å²) in [7, 11) is 0. The second-order valence-corrected chi connectivity index (χ2v) is 8.99. The molecule has 3 aliphatic rings. The van der Waals surface area contributed by atoms with E-state index in [1.807, 2.05) is 12.1 Å². The maximum Gasteiger partial charge on any atom is 0.245 e. The Kier molecular flexibility index (Phi) is 3.41. The number of rotatable bonds is 2. The van der Waals surface area contributed by atoms with Crippen LogP contribution in [0.5, 0.6) is 0 Å². The third kappa shape index (κ3) is 2.14. The number of carbonyl (C=O) groups is 2. The summed E-state index contributed by atoms with van der Waals surface area (Å²) in [5, 5.41) is 5.47. The molecule has 1 aromatic carbocycles. The molecule has 1 aromatic heterocycles. The highest BCUT2D eigenvalue weighted by Crippen LogP contribution is 2.70. The molecule has 5 rings (SSSR count). The number of Topliss-reactive ketones (excluding diaryl/α,β-unsaturated/α-hetero) is 1. The highest BCUT2D eigenvalue weighted by molar-refractivity contribution is 6.05. The standard InChI is InChI=1S/C22H27N3O2/c1-4-16-11-22-10-6-8-15-7-5-9-17-19(14(2)26)23-24(20(15)17)12-18(27)25(16)21(22,3)13-22/h5,7,9,16H,4,6,8,10-13H2,1-3H3. The highest BCUT2D eigenvalue weighted by Gasteiger charge is 2.73. The molecule has 3 unspecified atom stereocenters. The molecule has 5 nitrogen and oxygen atoms in total. The van der Waals surface area contributed by atoms with Gasteiger partial charge in [-0.1, -0.05) is 25.1 Å². The van der Waals surface area contributed by atoms with Crippen molar-refractivity contribution >= 4 is 22.6 Å². The molecule has 5 heteroatoms. The number of piperidine rings is 1. The fraction of sp³-hybridized carbons (Fsp3) is 0.591. The second kappa shape index (κ2) is 5.43. The van der Waals surface area contributed by atoms with Gasteiger partial charge in [-0.15, -0.1) is 0 Å². The lowest BCUT2D eigenvalue weighted by Gasteiger charge is -2.32. The van der Waals surface area contributed by atoms with Gasteiger partial charge in [0, 0.05) is 23.9 Å². The van der Waals surface area contributed by atoms with Crippen LogP contribution < -0.4 is 0 Å². The molecule has 0 radical (unpaired) electrons. The molecule has 2 aromatic rings. The largest absolute Gasteiger partial charge is 0.332 e. The maximum atomic E-state index is 13.4. The van der Waals surface area contributed by atoms with E-state index in [0.717, 1.165) is 43.0 Å². The lowest BCUT2D eigenvalue weighted by Crippen LogP contribution is -2.45. The van der Waals surface area contributed by atoms with Gasteiger partial charge in [0.05, 0.1) is 5.52 Å². The minimum absolute atomic E-state index is 0.0109. The highest BCUT2D eigenvalue weighted by atomic mass is 16.2. The average Bonchev–Trinajstić information content (AvgIpc) is 2.93. The van der Waals surface area contributed by atoms with Crippen LogP contribution in [0.25, 0.3) is 10.9 Å². The van der Waals surface area contributed by atoms with Crippen LogP contribution in [0.2, 0.25) is 0 Å². The Labute approximate surface area is 159 Å². The minimum Gasteiger partial charge on any atom is -0.332 e. The number of carbonyl (C=O) groups excluding carboxylic acids is 2. The minimum atomic E-state index is -0.0452. The topological polar surface area (TPSA) is 55.2 Å². The van der Waals surface area contributed by atoms with Gasteiger partial charge in [-0.3, -0.25) is 14.3 Å². The van der Waals surface area contributed by atoms with Gasteiger partial charge in [-0.05, 0) is 56.4 Å². The molecular weight excluding hydrogens is 338 g/mol.